The minimum atomic E-state index is -3.07. The fraction of sp³-hybridized carbons (Fsp3) is 0.800. The lowest BCUT2D eigenvalue weighted by Crippen LogP contribution is -2.24. The third-order valence-electron chi connectivity index (χ3n) is 1.91. The average Bonchev–Trinajstić information content (AvgIpc) is 2.38. The molecular formula is C10H19O6PS2. The van der Waals surface area contributed by atoms with Gasteiger partial charge < -0.3 is 14.0 Å². The second-order valence-corrected chi connectivity index (χ2v) is 10.9. The maximum Gasteiger partial charge on any atom is 0.320 e. The number of esters is 2. The highest BCUT2D eigenvalue weighted by molar-refractivity contribution is 8.89. The van der Waals surface area contributed by atoms with Crippen LogP contribution in [0.4, 0.5) is 0 Å². The molecule has 0 radical (unpaired) electrons. The predicted octanol–water partition coefficient (Wildman–Crippen LogP) is 2.72. The van der Waals surface area contributed by atoms with Crippen LogP contribution in [0.5, 0.6) is 0 Å². The van der Waals surface area contributed by atoms with Crippen molar-refractivity contribution in [1.29, 1.82) is 0 Å². The number of carbonyl (C=O) groups is 2. The highest BCUT2D eigenvalue weighted by Gasteiger charge is 2.34. The lowest BCUT2D eigenvalue weighted by atomic mass is 10.3. The van der Waals surface area contributed by atoms with Crippen molar-refractivity contribution in [2.45, 2.75) is 25.5 Å². The molecule has 2 atom stereocenters. The quantitative estimate of drug-likeness (QED) is 0.472. The Morgan fingerprint density at radius 3 is 2.21 bits per heavy atom. The maximum absolute atomic E-state index is 12.2. The van der Waals surface area contributed by atoms with Gasteiger partial charge in [0.25, 0.3) is 0 Å². The van der Waals surface area contributed by atoms with Gasteiger partial charge in [-0.25, -0.2) is 0 Å². The molecule has 6 nitrogen and oxygen atoms in total. The number of hydrogen-bond acceptors (Lipinski definition) is 8. The van der Waals surface area contributed by atoms with Gasteiger partial charge in [0, 0.05) is 7.11 Å². The summed E-state index contributed by atoms with van der Waals surface area (Å²) >= 11 is 1.83. The number of hydrogen-bond donors (Lipinski definition) is 0. The Bertz CT molecular complexity index is 341. The molecule has 0 fully saturated rings. The Labute approximate surface area is 121 Å². The summed E-state index contributed by atoms with van der Waals surface area (Å²) in [7, 11) is 1.30. The Hall–Kier alpha value is -0.170. The van der Waals surface area contributed by atoms with E-state index in [0.29, 0.717) is 0 Å². The van der Waals surface area contributed by atoms with Gasteiger partial charge in [0.1, 0.15) is 5.25 Å². The smallest absolute Gasteiger partial charge is 0.320 e. The molecular weight excluding hydrogens is 311 g/mol. The van der Waals surface area contributed by atoms with E-state index in [1.54, 1.807) is 20.1 Å². The fourth-order valence-corrected chi connectivity index (χ4v) is 6.17. The van der Waals surface area contributed by atoms with Gasteiger partial charge in [-0.3, -0.25) is 14.2 Å². The van der Waals surface area contributed by atoms with Crippen LogP contribution in [0.3, 0.4) is 0 Å². The summed E-state index contributed by atoms with van der Waals surface area (Å²) in [5.41, 5.74) is 0. The molecule has 0 rings (SSSR count). The molecule has 0 aromatic heterocycles. The van der Waals surface area contributed by atoms with Gasteiger partial charge in [0.05, 0.1) is 19.6 Å². The SMILES string of the molecule is CCOC(=O)C[C@@H](S[P@@](=O)(OC)SC)C(=O)OCC. The van der Waals surface area contributed by atoms with Crippen LogP contribution >= 0.6 is 28.5 Å². The van der Waals surface area contributed by atoms with Crippen molar-refractivity contribution in [2.75, 3.05) is 26.6 Å². The van der Waals surface area contributed by atoms with Gasteiger partial charge in [-0.2, -0.15) is 0 Å². The van der Waals surface area contributed by atoms with Crippen LogP contribution in [-0.2, 0) is 28.2 Å². The van der Waals surface area contributed by atoms with Crippen LogP contribution in [0.25, 0.3) is 0 Å². The Balaban J connectivity index is 4.81. The van der Waals surface area contributed by atoms with Gasteiger partial charge >= 0.3 is 17.7 Å². The van der Waals surface area contributed by atoms with E-state index in [1.165, 1.54) is 7.11 Å². The predicted molar refractivity (Wildman–Crippen MR) is 77.4 cm³/mol. The van der Waals surface area contributed by atoms with Gasteiger partial charge in [0.2, 0.25) is 0 Å². The van der Waals surface area contributed by atoms with Crippen molar-refractivity contribution >= 4 is 40.5 Å². The van der Waals surface area contributed by atoms with E-state index in [4.69, 9.17) is 14.0 Å². The zero-order chi connectivity index (χ0) is 14.9. The fourth-order valence-electron chi connectivity index (χ4n) is 1.09. The molecule has 112 valence electrons. The Morgan fingerprint density at radius 2 is 1.79 bits per heavy atom. The molecule has 0 N–H and O–H groups in total. The first-order valence-electron chi connectivity index (χ1n) is 5.64. The molecule has 0 bridgehead atoms. The third kappa shape index (κ3) is 7.25. The van der Waals surface area contributed by atoms with Crippen molar-refractivity contribution in [3.63, 3.8) is 0 Å². The lowest BCUT2D eigenvalue weighted by molar-refractivity contribution is -0.149. The van der Waals surface area contributed by atoms with Crippen LogP contribution in [0.15, 0.2) is 0 Å². The van der Waals surface area contributed by atoms with E-state index in [2.05, 4.69) is 0 Å². The molecule has 0 aliphatic rings. The zero-order valence-electron chi connectivity index (χ0n) is 11.4. The largest absolute Gasteiger partial charge is 0.466 e. The zero-order valence-corrected chi connectivity index (χ0v) is 13.9. The van der Waals surface area contributed by atoms with Crippen LogP contribution < -0.4 is 0 Å². The third-order valence-corrected chi connectivity index (χ3v) is 9.57. The second-order valence-electron chi connectivity index (χ2n) is 3.17. The van der Waals surface area contributed by atoms with Gasteiger partial charge in [-0.15, -0.1) is 0 Å². The molecule has 0 aliphatic carbocycles. The maximum atomic E-state index is 12.2. The number of ether oxygens (including phenoxy) is 2. The molecule has 0 spiro atoms. The summed E-state index contributed by atoms with van der Waals surface area (Å²) in [5.74, 6) is -4.19. The highest BCUT2D eigenvalue weighted by Crippen LogP contribution is 2.70. The molecule has 0 unspecified atom stereocenters. The first-order chi connectivity index (χ1) is 8.92. The molecule has 0 amide bonds. The van der Waals surface area contributed by atoms with Crippen molar-refractivity contribution < 1.29 is 28.2 Å². The first kappa shape index (κ1) is 18.8. The monoisotopic (exact) mass is 330 g/mol. The molecule has 0 aromatic carbocycles. The summed E-state index contributed by atoms with van der Waals surface area (Å²) < 4.78 is 26.7. The lowest BCUT2D eigenvalue weighted by Gasteiger charge is -2.18. The number of carbonyl (C=O) groups excluding carboxylic acids is 2. The van der Waals surface area contributed by atoms with Crippen LogP contribution in [0.2, 0.25) is 0 Å². The molecule has 0 saturated heterocycles. The first-order valence-corrected chi connectivity index (χ1v) is 10.6. The highest BCUT2D eigenvalue weighted by atomic mass is 33.1. The van der Waals surface area contributed by atoms with Crippen LogP contribution in [0.1, 0.15) is 20.3 Å². The second kappa shape index (κ2) is 9.69. The Morgan fingerprint density at radius 1 is 1.21 bits per heavy atom. The van der Waals surface area contributed by atoms with Gasteiger partial charge in [-0.1, -0.05) is 11.4 Å². The van der Waals surface area contributed by atoms with E-state index in [1.807, 2.05) is 0 Å². The van der Waals surface area contributed by atoms with Crippen molar-refractivity contribution in [3.8, 4) is 0 Å². The van der Waals surface area contributed by atoms with Crippen LogP contribution in [0, 0.1) is 0 Å². The standard InChI is InChI=1S/C10H19O6PS2/c1-5-15-9(11)7-8(10(12)16-6-2)19-17(13,14-3)18-4/h8H,5-7H2,1-4H3/t8-,17+/m1/s1. The summed E-state index contributed by atoms with van der Waals surface area (Å²) in [6.07, 6.45) is 1.43. The van der Waals surface area contributed by atoms with E-state index in [9.17, 15) is 14.2 Å². The van der Waals surface area contributed by atoms with E-state index in [0.717, 1.165) is 22.8 Å². The molecule has 0 saturated carbocycles. The van der Waals surface area contributed by atoms with Crippen molar-refractivity contribution in [3.05, 3.63) is 0 Å². The molecule has 9 heteroatoms. The minimum Gasteiger partial charge on any atom is -0.466 e. The normalized spacial score (nSPS) is 15.4. The van der Waals surface area contributed by atoms with Crippen molar-refractivity contribution in [1.82, 2.24) is 0 Å². The Kier molecular flexibility index (Phi) is 9.60. The van der Waals surface area contributed by atoms with E-state index < -0.39 is 23.0 Å². The van der Waals surface area contributed by atoms with E-state index >= 15 is 0 Å². The molecule has 0 aliphatic heterocycles. The summed E-state index contributed by atoms with van der Waals surface area (Å²) in [6.45, 7) is 3.75. The van der Waals surface area contributed by atoms with Crippen LogP contribution in [-0.4, -0.2) is 43.8 Å². The molecule has 0 aromatic rings. The topological polar surface area (TPSA) is 78.9 Å². The summed E-state index contributed by atoms with van der Waals surface area (Å²) in [6, 6.07) is 0. The summed E-state index contributed by atoms with van der Waals surface area (Å²) in [5, 5.41) is -0.891. The van der Waals surface area contributed by atoms with Gasteiger partial charge in [-0.05, 0) is 31.5 Å². The van der Waals surface area contributed by atoms with E-state index in [-0.39, 0.29) is 19.6 Å². The van der Waals surface area contributed by atoms with Crippen molar-refractivity contribution in [2.24, 2.45) is 0 Å². The average molecular weight is 330 g/mol. The van der Waals surface area contributed by atoms with Gasteiger partial charge in [0.15, 0.2) is 0 Å². The minimum absolute atomic E-state index is 0.189. The number of rotatable bonds is 9. The molecule has 0 heterocycles. The molecule has 19 heavy (non-hydrogen) atoms. The summed E-state index contributed by atoms with van der Waals surface area (Å²) in [4.78, 5) is 23.2.